The van der Waals surface area contributed by atoms with E-state index in [1.54, 1.807) is 0 Å². The molecule has 4 nitrogen and oxygen atoms in total. The molecule has 1 aromatic rings. The Hall–Kier alpha value is -2.02. The lowest BCUT2D eigenvalue weighted by atomic mass is 10.0. The van der Waals surface area contributed by atoms with E-state index in [4.69, 9.17) is 0 Å². The Balaban J connectivity index is 1.41. The van der Waals surface area contributed by atoms with Gasteiger partial charge in [-0.05, 0) is 43.2 Å². The van der Waals surface area contributed by atoms with Crippen molar-refractivity contribution in [3.8, 4) is 6.07 Å². The molecule has 2 aliphatic carbocycles. The maximum Gasteiger partial charge on any atom is 0.226 e. The lowest BCUT2D eigenvalue weighted by Gasteiger charge is -2.24. The number of para-hydroxylation sites is 1. The number of amides is 1. The molecule has 126 valence electrons. The Morgan fingerprint density at radius 2 is 1.75 bits per heavy atom. The Labute approximate surface area is 144 Å². The third kappa shape index (κ3) is 2.77. The third-order valence-electron chi connectivity index (χ3n) is 6.11. The van der Waals surface area contributed by atoms with Crippen LogP contribution < -0.4 is 4.90 Å². The zero-order valence-corrected chi connectivity index (χ0v) is 14.2. The molecule has 1 aromatic carbocycles. The van der Waals surface area contributed by atoms with Gasteiger partial charge in [0, 0.05) is 32.1 Å². The van der Waals surface area contributed by atoms with Crippen molar-refractivity contribution in [1.29, 1.82) is 5.26 Å². The molecule has 1 unspecified atom stereocenters. The standard InChI is InChI=1S/C20H25N3O/c21-14-15-6-1-4-9-18(15)22-10-5-11-23(13-12-22)20(24)19-16-7-2-3-8-17(16)19/h1,4,6,9,16-17,19H,2-3,5,7-8,10-13H2/t16-,17+,19?. The highest BCUT2D eigenvalue weighted by Gasteiger charge is 2.55. The van der Waals surface area contributed by atoms with Gasteiger partial charge in [-0.3, -0.25) is 4.79 Å². The van der Waals surface area contributed by atoms with Crippen molar-refractivity contribution in [2.45, 2.75) is 32.1 Å². The maximum atomic E-state index is 12.9. The first-order valence-electron chi connectivity index (χ1n) is 9.32. The van der Waals surface area contributed by atoms with E-state index in [9.17, 15) is 10.1 Å². The second-order valence-corrected chi connectivity index (χ2v) is 7.43. The number of fused-ring (bicyclic) bond motifs is 1. The summed E-state index contributed by atoms with van der Waals surface area (Å²) in [6.45, 7) is 3.39. The third-order valence-corrected chi connectivity index (χ3v) is 6.11. The first-order chi connectivity index (χ1) is 11.8. The van der Waals surface area contributed by atoms with E-state index in [1.165, 1.54) is 25.7 Å². The first-order valence-corrected chi connectivity index (χ1v) is 9.32. The number of hydrogen-bond acceptors (Lipinski definition) is 3. The average molecular weight is 323 g/mol. The number of nitriles is 1. The van der Waals surface area contributed by atoms with Crippen LogP contribution in [0.3, 0.4) is 0 Å². The minimum Gasteiger partial charge on any atom is -0.369 e. The fourth-order valence-electron chi connectivity index (χ4n) is 4.79. The van der Waals surface area contributed by atoms with E-state index in [0.29, 0.717) is 23.7 Å². The molecule has 2 saturated carbocycles. The summed E-state index contributed by atoms with van der Waals surface area (Å²) in [7, 11) is 0. The number of rotatable bonds is 2. The largest absolute Gasteiger partial charge is 0.369 e. The molecule has 1 saturated heterocycles. The van der Waals surface area contributed by atoms with Crippen LogP contribution in [0.25, 0.3) is 0 Å². The molecule has 24 heavy (non-hydrogen) atoms. The van der Waals surface area contributed by atoms with Crippen LogP contribution in [-0.4, -0.2) is 37.0 Å². The zero-order valence-electron chi connectivity index (χ0n) is 14.2. The van der Waals surface area contributed by atoms with Gasteiger partial charge in [0.05, 0.1) is 11.3 Å². The highest BCUT2D eigenvalue weighted by Crippen LogP contribution is 2.56. The van der Waals surface area contributed by atoms with Crippen molar-refractivity contribution < 1.29 is 4.79 Å². The van der Waals surface area contributed by atoms with Crippen LogP contribution in [0.1, 0.15) is 37.7 Å². The summed E-state index contributed by atoms with van der Waals surface area (Å²) in [5.74, 6) is 2.10. The minimum absolute atomic E-state index is 0.324. The molecule has 3 aliphatic rings. The predicted molar refractivity (Wildman–Crippen MR) is 93.5 cm³/mol. The minimum atomic E-state index is 0.324. The van der Waals surface area contributed by atoms with Crippen molar-refractivity contribution in [1.82, 2.24) is 4.90 Å². The smallest absolute Gasteiger partial charge is 0.226 e. The van der Waals surface area contributed by atoms with E-state index >= 15 is 0 Å². The van der Waals surface area contributed by atoms with Crippen molar-refractivity contribution in [2.24, 2.45) is 17.8 Å². The number of carbonyl (C=O) groups is 1. The fourth-order valence-corrected chi connectivity index (χ4v) is 4.79. The molecule has 0 spiro atoms. The molecule has 0 N–H and O–H groups in total. The van der Waals surface area contributed by atoms with Crippen LogP contribution in [0, 0.1) is 29.1 Å². The Kier molecular flexibility index (Phi) is 4.18. The normalized spacial score (nSPS) is 29.4. The van der Waals surface area contributed by atoms with Crippen LogP contribution in [0.4, 0.5) is 5.69 Å². The Bertz CT molecular complexity index is 653. The van der Waals surface area contributed by atoms with Crippen molar-refractivity contribution in [2.75, 3.05) is 31.1 Å². The highest BCUT2D eigenvalue weighted by molar-refractivity contribution is 5.82. The van der Waals surface area contributed by atoms with Gasteiger partial charge in [-0.25, -0.2) is 0 Å². The monoisotopic (exact) mass is 323 g/mol. The maximum absolute atomic E-state index is 12.9. The molecule has 1 heterocycles. The van der Waals surface area contributed by atoms with Crippen molar-refractivity contribution in [3.05, 3.63) is 29.8 Å². The summed E-state index contributed by atoms with van der Waals surface area (Å²) in [6.07, 6.45) is 6.12. The van der Waals surface area contributed by atoms with Crippen molar-refractivity contribution in [3.63, 3.8) is 0 Å². The number of hydrogen-bond donors (Lipinski definition) is 0. The van der Waals surface area contributed by atoms with Gasteiger partial charge in [0.1, 0.15) is 6.07 Å². The molecule has 0 radical (unpaired) electrons. The van der Waals surface area contributed by atoms with E-state index in [1.807, 2.05) is 24.3 Å². The summed E-state index contributed by atoms with van der Waals surface area (Å²) in [5.41, 5.74) is 1.74. The molecule has 4 rings (SSSR count). The van der Waals surface area contributed by atoms with E-state index in [2.05, 4.69) is 15.9 Å². The zero-order chi connectivity index (χ0) is 16.5. The summed E-state index contributed by atoms with van der Waals surface area (Å²) in [5, 5.41) is 9.32. The van der Waals surface area contributed by atoms with Crippen LogP contribution >= 0.6 is 0 Å². The van der Waals surface area contributed by atoms with Gasteiger partial charge in [-0.2, -0.15) is 5.26 Å². The fraction of sp³-hybridized carbons (Fsp3) is 0.600. The van der Waals surface area contributed by atoms with Crippen LogP contribution in [0.2, 0.25) is 0 Å². The molecule has 1 amide bonds. The molecular weight excluding hydrogens is 298 g/mol. The molecule has 1 aliphatic heterocycles. The SMILES string of the molecule is N#Cc1ccccc1N1CCCN(C(=O)C2[C@H]3CCCC[C@@H]23)CC1. The van der Waals surface area contributed by atoms with E-state index in [0.717, 1.165) is 43.9 Å². The molecular formula is C20H25N3O. The highest BCUT2D eigenvalue weighted by atomic mass is 16.2. The predicted octanol–water partition coefficient (Wildman–Crippen LogP) is 3.03. The quantitative estimate of drug-likeness (QED) is 0.840. The molecule has 0 bridgehead atoms. The molecule has 3 fully saturated rings. The Morgan fingerprint density at radius 3 is 2.50 bits per heavy atom. The number of carbonyl (C=O) groups excluding carboxylic acids is 1. The first kappa shape index (κ1) is 15.5. The number of nitrogens with zero attached hydrogens (tertiary/aromatic N) is 3. The van der Waals surface area contributed by atoms with E-state index in [-0.39, 0.29) is 0 Å². The van der Waals surface area contributed by atoms with E-state index < -0.39 is 0 Å². The molecule has 4 heteroatoms. The van der Waals surface area contributed by atoms with Gasteiger partial charge >= 0.3 is 0 Å². The second kappa shape index (κ2) is 6.47. The van der Waals surface area contributed by atoms with Crippen LogP contribution in [0.15, 0.2) is 24.3 Å². The second-order valence-electron chi connectivity index (χ2n) is 7.43. The van der Waals surface area contributed by atoms with Gasteiger partial charge in [-0.15, -0.1) is 0 Å². The summed E-state index contributed by atoms with van der Waals surface area (Å²) in [6, 6.07) is 10.1. The summed E-state index contributed by atoms with van der Waals surface area (Å²) >= 11 is 0. The van der Waals surface area contributed by atoms with Gasteiger partial charge < -0.3 is 9.80 Å². The lowest BCUT2D eigenvalue weighted by Crippen LogP contribution is -2.36. The van der Waals surface area contributed by atoms with Crippen LogP contribution in [0.5, 0.6) is 0 Å². The molecule has 0 aromatic heterocycles. The molecule has 3 atom stereocenters. The number of benzene rings is 1. The summed E-state index contributed by atoms with van der Waals surface area (Å²) < 4.78 is 0. The average Bonchev–Trinajstić information content (AvgIpc) is 3.40. The summed E-state index contributed by atoms with van der Waals surface area (Å²) in [4.78, 5) is 17.3. The number of anilines is 1. The van der Waals surface area contributed by atoms with Gasteiger partial charge in [0.25, 0.3) is 0 Å². The Morgan fingerprint density at radius 1 is 1.00 bits per heavy atom. The van der Waals surface area contributed by atoms with Gasteiger partial charge in [-0.1, -0.05) is 25.0 Å². The van der Waals surface area contributed by atoms with Crippen molar-refractivity contribution >= 4 is 11.6 Å². The van der Waals surface area contributed by atoms with Gasteiger partial charge in [0.15, 0.2) is 0 Å². The lowest BCUT2D eigenvalue weighted by molar-refractivity contribution is -0.133. The van der Waals surface area contributed by atoms with Crippen LogP contribution in [-0.2, 0) is 4.79 Å². The topological polar surface area (TPSA) is 47.3 Å². The van der Waals surface area contributed by atoms with Gasteiger partial charge in [0.2, 0.25) is 5.91 Å².